The molecule has 3 amide bonds. The number of Topliss-reactive ketones (excluding diaryl/α,β-unsaturated/α-hetero) is 3. The monoisotopic (exact) mass is 647 g/mol. The molecule has 9 nitrogen and oxygen atoms in total. The van der Waals surface area contributed by atoms with Crippen LogP contribution in [0.4, 0.5) is 0 Å². The Kier molecular flexibility index (Phi) is 12.3. The van der Waals surface area contributed by atoms with Crippen LogP contribution in [0.3, 0.4) is 0 Å². The Morgan fingerprint density at radius 3 is 2.21 bits per heavy atom. The SMILES string of the molecule is C[C@H]1CCCC/C=C/CCCC[C@@H](C(=O)C(=O)CCC(=O)N[C@H](C(=O)N(C)C)c2ccccc2)CC(=O)[C@@H]2[C@@H]3[C@H](CN2C1=O)C3(C)C. The number of fused-ring (bicyclic) bond motifs is 3. The molecule has 0 spiro atoms. The first-order valence-electron chi connectivity index (χ1n) is 17.4. The number of piperidine rings is 1. The van der Waals surface area contributed by atoms with Gasteiger partial charge in [-0.15, -0.1) is 0 Å². The molecule has 3 aliphatic rings. The van der Waals surface area contributed by atoms with Crippen molar-refractivity contribution in [1.82, 2.24) is 15.1 Å². The molecule has 1 aromatic rings. The minimum atomic E-state index is -0.913. The summed E-state index contributed by atoms with van der Waals surface area (Å²) in [5.74, 6) is -2.89. The molecule has 2 fully saturated rings. The van der Waals surface area contributed by atoms with Gasteiger partial charge in [-0.05, 0) is 61.3 Å². The molecule has 9 heteroatoms. The zero-order chi connectivity index (χ0) is 34.3. The smallest absolute Gasteiger partial charge is 0.249 e. The summed E-state index contributed by atoms with van der Waals surface area (Å²) < 4.78 is 0. The van der Waals surface area contributed by atoms with Gasteiger partial charge in [0.25, 0.3) is 0 Å². The number of allylic oxidation sites excluding steroid dienone is 2. The summed E-state index contributed by atoms with van der Waals surface area (Å²) in [6.07, 6.45) is 10.2. The highest BCUT2D eigenvalue weighted by atomic mass is 16.2. The summed E-state index contributed by atoms with van der Waals surface area (Å²) in [5.41, 5.74) is 0.575. The van der Waals surface area contributed by atoms with Gasteiger partial charge in [0.15, 0.2) is 11.6 Å². The molecule has 1 N–H and O–H groups in total. The topological polar surface area (TPSA) is 121 Å². The molecule has 4 rings (SSSR count). The number of hydrogen-bond acceptors (Lipinski definition) is 6. The number of nitrogens with zero attached hydrogens (tertiary/aromatic N) is 2. The molecule has 1 aliphatic carbocycles. The largest absolute Gasteiger partial charge is 0.347 e. The van der Waals surface area contributed by atoms with E-state index in [1.165, 1.54) is 4.90 Å². The Morgan fingerprint density at radius 2 is 1.57 bits per heavy atom. The highest BCUT2D eigenvalue weighted by Crippen LogP contribution is 2.65. The van der Waals surface area contributed by atoms with E-state index in [-0.39, 0.29) is 60.0 Å². The summed E-state index contributed by atoms with van der Waals surface area (Å²) in [6.45, 7) is 6.79. The van der Waals surface area contributed by atoms with Crippen molar-refractivity contribution in [3.05, 3.63) is 48.0 Å². The molecule has 6 atom stereocenters. The normalized spacial score (nSPS) is 27.9. The maximum absolute atomic E-state index is 14.0. The highest BCUT2D eigenvalue weighted by Gasteiger charge is 2.69. The van der Waals surface area contributed by atoms with E-state index in [9.17, 15) is 28.8 Å². The quantitative estimate of drug-likeness (QED) is 0.305. The third-order valence-electron chi connectivity index (χ3n) is 10.6. The van der Waals surface area contributed by atoms with Crippen molar-refractivity contribution in [3.63, 3.8) is 0 Å². The van der Waals surface area contributed by atoms with Crippen LogP contribution in [-0.4, -0.2) is 71.6 Å². The molecule has 2 aliphatic heterocycles. The zero-order valence-electron chi connectivity index (χ0n) is 28.8. The summed E-state index contributed by atoms with van der Waals surface area (Å²) in [4.78, 5) is 83.4. The molecule has 47 heavy (non-hydrogen) atoms. The van der Waals surface area contributed by atoms with Crippen LogP contribution in [0.25, 0.3) is 0 Å². The van der Waals surface area contributed by atoms with Crippen LogP contribution in [0.2, 0.25) is 0 Å². The predicted molar refractivity (Wildman–Crippen MR) is 180 cm³/mol. The van der Waals surface area contributed by atoms with Crippen LogP contribution in [0.1, 0.15) is 103 Å². The highest BCUT2D eigenvalue weighted by molar-refractivity contribution is 6.38. The summed E-state index contributed by atoms with van der Waals surface area (Å²) in [7, 11) is 3.21. The van der Waals surface area contributed by atoms with Gasteiger partial charge in [-0.25, -0.2) is 0 Å². The van der Waals surface area contributed by atoms with Crippen molar-refractivity contribution >= 4 is 35.1 Å². The van der Waals surface area contributed by atoms with Gasteiger partial charge in [-0.1, -0.05) is 76.1 Å². The molecule has 1 saturated heterocycles. The predicted octanol–water partition coefficient (Wildman–Crippen LogP) is 5.24. The van der Waals surface area contributed by atoms with Gasteiger partial charge in [0.2, 0.25) is 23.5 Å². The maximum Gasteiger partial charge on any atom is 0.249 e. The second-order valence-electron chi connectivity index (χ2n) is 14.6. The lowest BCUT2D eigenvalue weighted by molar-refractivity contribution is -0.144. The standard InChI is InChI=1S/C38H53N3O6/c1-25-17-13-10-8-6-7-9-11-14-20-27(23-30(43)34-32-28(38(32,2)3)24-41(34)36(25)46)35(45)29(42)21-22-31(44)39-33(37(47)40(4)5)26-18-15-12-16-19-26/h6-7,12,15-16,18-19,25,27-28,32-34H,8-11,13-14,17,20-24H2,1-5H3,(H,39,44)/b7-6+/t25-,27+,28-,32-,33-,34+/m0/s1. The Bertz CT molecular complexity index is 1350. The van der Waals surface area contributed by atoms with Crippen molar-refractivity contribution < 1.29 is 28.8 Å². The zero-order valence-corrected chi connectivity index (χ0v) is 28.8. The van der Waals surface area contributed by atoms with Crippen molar-refractivity contribution in [1.29, 1.82) is 0 Å². The van der Waals surface area contributed by atoms with Crippen molar-refractivity contribution in [3.8, 4) is 0 Å². The van der Waals surface area contributed by atoms with Gasteiger partial charge in [0.05, 0.1) is 6.04 Å². The van der Waals surface area contributed by atoms with Crippen LogP contribution in [0.5, 0.6) is 0 Å². The first kappa shape index (κ1) is 36.2. The van der Waals surface area contributed by atoms with Gasteiger partial charge in [0.1, 0.15) is 6.04 Å². The molecule has 1 aromatic carbocycles. The molecule has 0 bridgehead atoms. The molecule has 0 unspecified atom stereocenters. The molecule has 0 radical (unpaired) electrons. The number of carbonyl (C=O) groups excluding carboxylic acids is 6. The van der Waals surface area contributed by atoms with E-state index < -0.39 is 35.5 Å². The number of ketones is 3. The van der Waals surface area contributed by atoms with Gasteiger partial charge < -0.3 is 15.1 Å². The fourth-order valence-electron chi connectivity index (χ4n) is 7.58. The molecular weight excluding hydrogens is 594 g/mol. The van der Waals surface area contributed by atoms with E-state index in [0.29, 0.717) is 24.9 Å². The van der Waals surface area contributed by atoms with Crippen molar-refractivity contribution in [2.45, 2.75) is 103 Å². The van der Waals surface area contributed by atoms with Gasteiger partial charge in [0, 0.05) is 51.7 Å². The molecular formula is C38H53N3O6. The lowest BCUT2D eigenvalue weighted by atomic mass is 9.85. The minimum absolute atomic E-state index is 0.0118. The van der Waals surface area contributed by atoms with Crippen LogP contribution in [0.15, 0.2) is 42.5 Å². The third-order valence-corrected chi connectivity index (χ3v) is 10.6. The number of hydrogen-bond donors (Lipinski definition) is 1. The van der Waals surface area contributed by atoms with Crippen molar-refractivity contribution in [2.75, 3.05) is 20.6 Å². The van der Waals surface area contributed by atoms with Crippen molar-refractivity contribution in [2.24, 2.45) is 29.1 Å². The van der Waals surface area contributed by atoms with E-state index >= 15 is 0 Å². The first-order chi connectivity index (χ1) is 22.3. The average Bonchev–Trinajstić information content (AvgIpc) is 3.35. The number of amides is 3. The second kappa shape index (κ2) is 16.0. The van der Waals surface area contributed by atoms with E-state index in [2.05, 4.69) is 31.3 Å². The van der Waals surface area contributed by atoms with E-state index in [1.54, 1.807) is 43.3 Å². The van der Waals surface area contributed by atoms with E-state index in [4.69, 9.17) is 0 Å². The van der Waals surface area contributed by atoms with Gasteiger partial charge in [-0.3, -0.25) is 28.8 Å². The molecule has 2 heterocycles. The summed E-state index contributed by atoms with van der Waals surface area (Å²) >= 11 is 0. The van der Waals surface area contributed by atoms with Crippen LogP contribution in [0, 0.1) is 29.1 Å². The number of carbonyl (C=O) groups is 6. The Morgan fingerprint density at radius 1 is 0.936 bits per heavy atom. The molecule has 1 saturated carbocycles. The Labute approximate surface area is 279 Å². The van der Waals surface area contributed by atoms with Crippen LogP contribution in [-0.2, 0) is 28.8 Å². The van der Waals surface area contributed by atoms with E-state index in [0.717, 1.165) is 38.5 Å². The lowest BCUT2D eigenvalue weighted by Gasteiger charge is -2.32. The molecule has 0 aromatic heterocycles. The lowest BCUT2D eigenvalue weighted by Crippen LogP contribution is -2.48. The number of benzene rings is 1. The fourth-order valence-corrected chi connectivity index (χ4v) is 7.58. The first-order valence-corrected chi connectivity index (χ1v) is 17.4. The minimum Gasteiger partial charge on any atom is -0.347 e. The van der Waals surface area contributed by atoms with Crippen LogP contribution < -0.4 is 5.32 Å². The summed E-state index contributed by atoms with van der Waals surface area (Å²) in [6, 6.07) is 7.38. The number of nitrogens with one attached hydrogen (secondary N) is 1. The number of rotatable bonds is 8. The second-order valence-corrected chi connectivity index (χ2v) is 14.6. The maximum atomic E-state index is 14.0. The Hall–Kier alpha value is -3.62. The van der Waals surface area contributed by atoms with Crippen LogP contribution >= 0.6 is 0 Å². The number of likely N-dealkylation sites (N-methyl/N-ethyl adjacent to an activating group) is 1. The van der Waals surface area contributed by atoms with E-state index in [1.807, 2.05) is 13.0 Å². The van der Waals surface area contributed by atoms with Gasteiger partial charge >= 0.3 is 0 Å². The fraction of sp³-hybridized carbons (Fsp3) is 0.632. The summed E-state index contributed by atoms with van der Waals surface area (Å²) in [5, 5.41) is 2.73. The average molecular weight is 648 g/mol. The van der Waals surface area contributed by atoms with Gasteiger partial charge in [-0.2, -0.15) is 0 Å². The Balaban J connectivity index is 1.45. The third kappa shape index (κ3) is 8.85. The molecule has 256 valence electrons.